The lowest BCUT2D eigenvalue weighted by Crippen LogP contribution is -2.39. The first-order valence-electron chi connectivity index (χ1n) is 8.69. The van der Waals surface area contributed by atoms with Gasteiger partial charge in [0.05, 0.1) is 4.47 Å². The molecule has 0 saturated carbocycles. The van der Waals surface area contributed by atoms with Crippen molar-refractivity contribution in [1.82, 2.24) is 14.9 Å². The van der Waals surface area contributed by atoms with Gasteiger partial charge >= 0.3 is 6.09 Å². The van der Waals surface area contributed by atoms with Gasteiger partial charge in [0.25, 0.3) is 0 Å². The molecular weight excluding hydrogens is 565 g/mol. The normalized spacial score (nSPS) is 17.3. The first kappa shape index (κ1) is 21.8. The predicted molar refractivity (Wildman–Crippen MR) is 120 cm³/mol. The van der Waals surface area contributed by atoms with Crippen LogP contribution in [0.15, 0.2) is 10.5 Å². The quantitative estimate of drug-likeness (QED) is 0.274. The number of carbonyl (C=O) groups excluding carboxylic acids is 1. The zero-order valence-corrected chi connectivity index (χ0v) is 20.4. The lowest BCUT2D eigenvalue weighted by Gasteiger charge is -2.28. The molecule has 1 aliphatic heterocycles. The maximum atomic E-state index is 14.7. The van der Waals surface area contributed by atoms with E-state index >= 15 is 0 Å². The Hall–Kier alpha value is -0.940. The molecule has 2 heterocycles. The van der Waals surface area contributed by atoms with Crippen molar-refractivity contribution in [2.45, 2.75) is 38.8 Å². The van der Waals surface area contributed by atoms with E-state index in [1.807, 2.05) is 38.8 Å². The molecule has 2 aromatic rings. The fourth-order valence-electron chi connectivity index (χ4n) is 3.12. The lowest BCUT2D eigenvalue weighted by molar-refractivity contribution is 0.0292. The Morgan fingerprint density at radius 3 is 2.79 bits per heavy atom. The van der Waals surface area contributed by atoms with Crippen LogP contribution < -0.4 is 4.90 Å². The first-order valence-corrected chi connectivity index (χ1v) is 10.9. The maximum absolute atomic E-state index is 14.7. The van der Waals surface area contributed by atoms with E-state index in [1.54, 1.807) is 4.90 Å². The van der Waals surface area contributed by atoms with E-state index < -0.39 is 11.4 Å². The summed E-state index contributed by atoms with van der Waals surface area (Å²) < 4.78 is 21.2. The molecule has 0 radical (unpaired) electrons. The van der Waals surface area contributed by atoms with E-state index in [1.165, 1.54) is 0 Å². The maximum Gasteiger partial charge on any atom is 0.410 e. The van der Waals surface area contributed by atoms with E-state index in [2.05, 4.69) is 48.5 Å². The van der Waals surface area contributed by atoms with E-state index in [0.29, 0.717) is 32.3 Å². The van der Waals surface area contributed by atoms with Crippen molar-refractivity contribution < 1.29 is 13.9 Å². The molecule has 0 aliphatic carbocycles. The summed E-state index contributed by atoms with van der Waals surface area (Å²) in [5.41, 5.74) is -0.380. The molecule has 0 N–H and O–H groups in total. The topological polar surface area (TPSA) is 58.6 Å². The summed E-state index contributed by atoms with van der Waals surface area (Å²) in [4.78, 5) is 24.4. The first-order chi connectivity index (χ1) is 13.0. The third-order valence-electron chi connectivity index (χ3n) is 4.48. The van der Waals surface area contributed by atoms with Gasteiger partial charge in [0.15, 0.2) is 5.82 Å². The minimum absolute atomic E-state index is 0.00561. The number of anilines is 1. The molecule has 10 heteroatoms. The predicted octanol–water partition coefficient (Wildman–Crippen LogP) is 5.24. The second-order valence-electron chi connectivity index (χ2n) is 7.68. The Morgan fingerprint density at radius 2 is 2.14 bits per heavy atom. The van der Waals surface area contributed by atoms with Crippen LogP contribution in [0.25, 0.3) is 10.9 Å². The van der Waals surface area contributed by atoms with E-state index in [-0.39, 0.29) is 22.9 Å². The molecule has 152 valence electrons. The summed E-state index contributed by atoms with van der Waals surface area (Å²) in [7, 11) is 1.87. The van der Waals surface area contributed by atoms with Gasteiger partial charge in [0, 0.05) is 35.1 Å². The van der Waals surface area contributed by atoms with Gasteiger partial charge < -0.3 is 14.5 Å². The number of likely N-dealkylation sites (tertiary alicyclic amines) is 1. The van der Waals surface area contributed by atoms with Gasteiger partial charge in [-0.1, -0.05) is 0 Å². The summed E-state index contributed by atoms with van der Waals surface area (Å²) in [6, 6.07) is 1.83. The number of amides is 1. The van der Waals surface area contributed by atoms with Gasteiger partial charge in [-0.3, -0.25) is 0 Å². The van der Waals surface area contributed by atoms with E-state index in [9.17, 15) is 9.18 Å². The highest BCUT2D eigenvalue weighted by Crippen LogP contribution is 2.35. The van der Waals surface area contributed by atoms with E-state index in [4.69, 9.17) is 16.3 Å². The Kier molecular flexibility index (Phi) is 6.26. The van der Waals surface area contributed by atoms with Crippen LogP contribution in [0.4, 0.5) is 15.0 Å². The van der Waals surface area contributed by atoms with Crippen LogP contribution in [0, 0.1) is 9.39 Å². The van der Waals surface area contributed by atoms with Crippen LogP contribution in [0.3, 0.4) is 0 Å². The number of hydrogen-bond donors (Lipinski definition) is 0. The van der Waals surface area contributed by atoms with Crippen molar-refractivity contribution in [2.75, 3.05) is 25.0 Å². The Balaban J connectivity index is 1.90. The van der Waals surface area contributed by atoms with Crippen LogP contribution in [0.2, 0.25) is 5.28 Å². The number of ether oxygens (including phenoxy) is 1. The second-order valence-corrected chi connectivity index (χ2v) is 9.97. The molecule has 3 rings (SSSR count). The average Bonchev–Trinajstić information content (AvgIpc) is 3.08. The Morgan fingerprint density at radius 1 is 1.46 bits per heavy atom. The molecule has 0 spiro atoms. The smallest absolute Gasteiger partial charge is 0.410 e. The van der Waals surface area contributed by atoms with Crippen molar-refractivity contribution >= 4 is 72.9 Å². The van der Waals surface area contributed by atoms with Crippen LogP contribution in [0.5, 0.6) is 0 Å². The van der Waals surface area contributed by atoms with Crippen molar-refractivity contribution in [3.8, 4) is 0 Å². The molecule has 1 atom stereocenters. The molecule has 1 fully saturated rings. The molecule has 0 bridgehead atoms. The van der Waals surface area contributed by atoms with Gasteiger partial charge in [0.2, 0.25) is 5.28 Å². The SMILES string of the molecule is CN(c1nc(Cl)nc2c(F)c(Br)c(I)cc12)[C@H]1CCN(C(=O)OC(C)(C)C)C1. The van der Waals surface area contributed by atoms with Crippen molar-refractivity contribution in [3.63, 3.8) is 0 Å². The molecule has 0 unspecified atom stereocenters. The van der Waals surface area contributed by atoms with Crippen LogP contribution in [-0.2, 0) is 4.74 Å². The third kappa shape index (κ3) is 4.46. The fraction of sp³-hybridized carbons (Fsp3) is 0.500. The molecule has 6 nitrogen and oxygen atoms in total. The molecule has 1 aliphatic rings. The third-order valence-corrected chi connectivity index (χ3v) is 7.01. The highest BCUT2D eigenvalue weighted by Gasteiger charge is 2.33. The Bertz CT molecular complexity index is 940. The summed E-state index contributed by atoms with van der Waals surface area (Å²) in [5, 5.41) is 0.552. The van der Waals surface area contributed by atoms with Crippen LogP contribution >= 0.6 is 50.1 Å². The minimum Gasteiger partial charge on any atom is -0.444 e. The lowest BCUT2D eigenvalue weighted by atomic mass is 10.2. The number of halogens is 4. The van der Waals surface area contributed by atoms with Crippen molar-refractivity contribution in [1.29, 1.82) is 0 Å². The molecule has 1 aromatic carbocycles. The number of likely N-dealkylation sites (N-methyl/N-ethyl adjacent to an activating group) is 1. The molecular formula is C18H20BrClFIN4O2. The number of benzene rings is 1. The van der Waals surface area contributed by atoms with Crippen LogP contribution in [0.1, 0.15) is 27.2 Å². The zero-order chi connectivity index (χ0) is 20.8. The van der Waals surface area contributed by atoms with Gasteiger partial charge in [-0.05, 0) is 83.4 Å². The number of nitrogens with zero attached hydrogens (tertiary/aromatic N) is 4. The number of hydrogen-bond acceptors (Lipinski definition) is 5. The minimum atomic E-state index is -0.543. The zero-order valence-electron chi connectivity index (χ0n) is 15.9. The Labute approximate surface area is 190 Å². The van der Waals surface area contributed by atoms with Crippen LogP contribution in [-0.4, -0.2) is 52.7 Å². The van der Waals surface area contributed by atoms with E-state index in [0.717, 1.165) is 6.42 Å². The number of carbonyl (C=O) groups is 1. The average molecular weight is 586 g/mol. The van der Waals surface area contributed by atoms with Gasteiger partial charge in [-0.15, -0.1) is 0 Å². The van der Waals surface area contributed by atoms with Crippen molar-refractivity contribution in [3.05, 3.63) is 25.2 Å². The summed E-state index contributed by atoms with van der Waals surface area (Å²) in [6.45, 7) is 6.60. The molecule has 1 aromatic heterocycles. The molecule has 28 heavy (non-hydrogen) atoms. The highest BCUT2D eigenvalue weighted by molar-refractivity contribution is 14.1. The number of aromatic nitrogens is 2. The van der Waals surface area contributed by atoms with Gasteiger partial charge in [-0.25, -0.2) is 14.2 Å². The molecule has 1 saturated heterocycles. The highest BCUT2D eigenvalue weighted by atomic mass is 127. The van der Waals surface area contributed by atoms with Crippen molar-refractivity contribution in [2.24, 2.45) is 0 Å². The number of fused-ring (bicyclic) bond motifs is 1. The van der Waals surface area contributed by atoms with Gasteiger partial charge in [0.1, 0.15) is 16.9 Å². The monoisotopic (exact) mass is 584 g/mol. The largest absolute Gasteiger partial charge is 0.444 e. The summed E-state index contributed by atoms with van der Waals surface area (Å²) in [6.07, 6.45) is 0.410. The number of rotatable bonds is 2. The summed E-state index contributed by atoms with van der Waals surface area (Å²) in [5.74, 6) is 0.0676. The van der Waals surface area contributed by atoms with Gasteiger partial charge in [-0.2, -0.15) is 4.98 Å². The molecule has 1 amide bonds. The second kappa shape index (κ2) is 8.06. The summed E-state index contributed by atoms with van der Waals surface area (Å²) >= 11 is 11.4. The standard InChI is InChI=1S/C18H20BrClFIN4O2/c1-18(2,3)28-17(27)26-6-5-9(8-26)25(4)15-10-7-11(22)12(19)13(21)14(10)23-16(20)24-15/h7,9H,5-6,8H2,1-4H3/t9-/m0/s1. The fourth-order valence-corrected chi connectivity index (χ4v) is 4.14.